The van der Waals surface area contributed by atoms with Gasteiger partial charge in [0.1, 0.15) is 0 Å². The van der Waals surface area contributed by atoms with Gasteiger partial charge in [-0.05, 0) is 18.4 Å². The number of benzene rings is 1. The summed E-state index contributed by atoms with van der Waals surface area (Å²) in [6.07, 6.45) is 8.58. The summed E-state index contributed by atoms with van der Waals surface area (Å²) >= 11 is 0. The smallest absolute Gasteiger partial charge is 0.548 e. The molecule has 1 unspecified atom stereocenters. The van der Waals surface area contributed by atoms with Crippen molar-refractivity contribution in [2.24, 2.45) is 0 Å². The van der Waals surface area contributed by atoms with Crippen LogP contribution in [0.5, 0.6) is 0 Å². The summed E-state index contributed by atoms with van der Waals surface area (Å²) < 4.78 is 0. The van der Waals surface area contributed by atoms with E-state index in [9.17, 15) is 14.7 Å². The van der Waals surface area contributed by atoms with Gasteiger partial charge in [-0.2, -0.15) is 0 Å². The minimum Gasteiger partial charge on any atom is -0.548 e. The number of carboxylic acid groups (broad SMARTS) is 1. The largest absolute Gasteiger partial charge is 1.00 e. The van der Waals surface area contributed by atoms with Crippen molar-refractivity contribution in [3.8, 4) is 0 Å². The molecule has 1 rings (SSSR count). The molecule has 0 spiro atoms. The fourth-order valence-electron chi connectivity index (χ4n) is 2.55. The van der Waals surface area contributed by atoms with Crippen LogP contribution < -0.4 is 40.0 Å². The van der Waals surface area contributed by atoms with E-state index in [-0.39, 0.29) is 41.9 Å². The molecule has 0 aromatic heterocycles. The van der Waals surface area contributed by atoms with Crippen LogP contribution in [0, 0.1) is 0 Å². The molecule has 0 aliphatic rings. The van der Waals surface area contributed by atoms with Crippen molar-refractivity contribution in [3.63, 3.8) is 0 Å². The van der Waals surface area contributed by atoms with Crippen LogP contribution in [0.3, 0.4) is 0 Å². The first-order valence-electron chi connectivity index (χ1n) is 8.67. The summed E-state index contributed by atoms with van der Waals surface area (Å²) in [5.74, 6) is -1.44. The first-order chi connectivity index (χ1) is 11.1. The van der Waals surface area contributed by atoms with Crippen LogP contribution in [0.4, 0.5) is 0 Å². The van der Waals surface area contributed by atoms with Crippen molar-refractivity contribution >= 4 is 11.9 Å². The van der Waals surface area contributed by atoms with Crippen molar-refractivity contribution in [2.75, 3.05) is 0 Å². The van der Waals surface area contributed by atoms with E-state index in [4.69, 9.17) is 0 Å². The summed E-state index contributed by atoms with van der Waals surface area (Å²) in [6.45, 7) is 2.19. The standard InChI is InChI=1S/C19H29NO3.Na/c1-2-3-4-5-6-7-11-14-18(21)20-17(19(22)23)15-16-12-9-8-10-13-16;/h8-10,12-13,17H,2-7,11,14-15H2,1H3,(H,20,21)(H,22,23);/q;+1/p-1. The molecule has 1 aromatic rings. The molecule has 1 N–H and O–H groups in total. The quantitative estimate of drug-likeness (QED) is 0.416. The Bertz CT molecular complexity index is 465. The Morgan fingerprint density at radius 2 is 1.58 bits per heavy atom. The van der Waals surface area contributed by atoms with Crippen LogP contribution in [0.1, 0.15) is 63.9 Å². The summed E-state index contributed by atoms with van der Waals surface area (Å²) in [7, 11) is 0. The molecule has 1 amide bonds. The fraction of sp³-hybridized carbons (Fsp3) is 0.579. The van der Waals surface area contributed by atoms with Crippen molar-refractivity contribution < 1.29 is 44.3 Å². The maximum atomic E-state index is 11.9. The van der Waals surface area contributed by atoms with Gasteiger partial charge < -0.3 is 15.2 Å². The SMILES string of the molecule is CCCCCCCCCC(=O)NC(Cc1ccccc1)C(=O)[O-].[Na+]. The number of aliphatic carboxylic acids is 1. The van der Waals surface area contributed by atoms with Gasteiger partial charge in [-0.25, -0.2) is 0 Å². The van der Waals surface area contributed by atoms with E-state index < -0.39 is 12.0 Å². The third-order valence-corrected chi connectivity index (χ3v) is 3.91. The second-order valence-corrected chi connectivity index (χ2v) is 6.00. The number of nitrogens with one attached hydrogen (secondary N) is 1. The number of rotatable bonds is 12. The van der Waals surface area contributed by atoms with Crippen LogP contribution in [0.25, 0.3) is 0 Å². The predicted molar refractivity (Wildman–Crippen MR) is 89.7 cm³/mol. The van der Waals surface area contributed by atoms with Gasteiger partial charge in [0, 0.05) is 6.42 Å². The van der Waals surface area contributed by atoms with E-state index in [0.717, 1.165) is 24.8 Å². The topological polar surface area (TPSA) is 69.2 Å². The van der Waals surface area contributed by atoms with Gasteiger partial charge >= 0.3 is 29.6 Å². The van der Waals surface area contributed by atoms with Gasteiger partial charge in [0.05, 0.1) is 12.0 Å². The minimum atomic E-state index is -1.23. The Morgan fingerprint density at radius 3 is 2.17 bits per heavy atom. The molecule has 0 saturated heterocycles. The van der Waals surface area contributed by atoms with Crippen LogP contribution in [-0.4, -0.2) is 17.9 Å². The Kier molecular flexibility index (Phi) is 14.0. The summed E-state index contributed by atoms with van der Waals surface area (Å²) in [4.78, 5) is 23.1. The van der Waals surface area contributed by atoms with Gasteiger partial charge in [0.25, 0.3) is 0 Å². The first kappa shape index (κ1) is 23.2. The molecule has 0 fully saturated rings. The Hall–Kier alpha value is -0.840. The zero-order valence-corrected chi connectivity index (χ0v) is 17.1. The minimum absolute atomic E-state index is 0. The molecule has 5 heteroatoms. The first-order valence-corrected chi connectivity index (χ1v) is 8.67. The second-order valence-electron chi connectivity index (χ2n) is 6.00. The summed E-state index contributed by atoms with van der Waals surface area (Å²) in [5.41, 5.74) is 0.873. The van der Waals surface area contributed by atoms with Gasteiger partial charge in [-0.3, -0.25) is 4.79 Å². The van der Waals surface area contributed by atoms with Crippen LogP contribution in [0.2, 0.25) is 0 Å². The molecule has 0 aliphatic heterocycles. The summed E-state index contributed by atoms with van der Waals surface area (Å²) in [5, 5.41) is 13.8. The Morgan fingerprint density at radius 1 is 1.00 bits per heavy atom. The average Bonchev–Trinajstić information content (AvgIpc) is 2.54. The van der Waals surface area contributed by atoms with Gasteiger partial charge in [0.2, 0.25) is 5.91 Å². The maximum Gasteiger partial charge on any atom is 1.00 e. The number of unbranched alkanes of at least 4 members (excludes halogenated alkanes) is 6. The maximum absolute atomic E-state index is 11.9. The molecule has 1 aromatic carbocycles. The van der Waals surface area contributed by atoms with Crippen molar-refractivity contribution in [1.29, 1.82) is 0 Å². The van der Waals surface area contributed by atoms with E-state index in [0.29, 0.717) is 6.42 Å². The van der Waals surface area contributed by atoms with E-state index in [1.807, 2.05) is 30.3 Å². The molecule has 4 nitrogen and oxygen atoms in total. The Balaban J connectivity index is 0.00000529. The molecular weight excluding hydrogens is 313 g/mol. The molecular formula is C19H28NNaO3. The number of carbonyl (C=O) groups excluding carboxylic acids is 2. The molecule has 0 radical (unpaired) electrons. The zero-order chi connectivity index (χ0) is 16.9. The van der Waals surface area contributed by atoms with Crippen molar-refractivity contribution in [3.05, 3.63) is 35.9 Å². The van der Waals surface area contributed by atoms with E-state index in [2.05, 4.69) is 12.2 Å². The molecule has 1 atom stereocenters. The van der Waals surface area contributed by atoms with Gasteiger partial charge in [0.15, 0.2) is 0 Å². The predicted octanol–water partition coefficient (Wildman–Crippen LogP) is -0.391. The van der Waals surface area contributed by atoms with E-state index in [1.54, 1.807) is 0 Å². The fourth-order valence-corrected chi connectivity index (χ4v) is 2.55. The normalized spacial score (nSPS) is 11.4. The second kappa shape index (κ2) is 14.5. The number of carboxylic acids is 1. The monoisotopic (exact) mass is 341 g/mol. The van der Waals surface area contributed by atoms with Crippen LogP contribution in [0.15, 0.2) is 30.3 Å². The molecule has 128 valence electrons. The molecule has 0 bridgehead atoms. The van der Waals surface area contributed by atoms with Crippen LogP contribution >= 0.6 is 0 Å². The third-order valence-electron chi connectivity index (χ3n) is 3.91. The molecule has 0 aliphatic carbocycles. The number of carbonyl (C=O) groups is 2. The average molecular weight is 341 g/mol. The van der Waals surface area contributed by atoms with Crippen molar-refractivity contribution in [1.82, 2.24) is 5.32 Å². The number of amides is 1. The van der Waals surface area contributed by atoms with Gasteiger partial charge in [-0.1, -0.05) is 75.8 Å². The molecule has 24 heavy (non-hydrogen) atoms. The molecule has 0 heterocycles. The van der Waals surface area contributed by atoms with Gasteiger partial charge in [-0.15, -0.1) is 0 Å². The summed E-state index contributed by atoms with van der Waals surface area (Å²) in [6, 6.07) is 8.30. The van der Waals surface area contributed by atoms with Crippen LogP contribution in [-0.2, 0) is 16.0 Å². The van der Waals surface area contributed by atoms with E-state index in [1.165, 1.54) is 25.7 Å². The number of hydrogen-bond acceptors (Lipinski definition) is 3. The third kappa shape index (κ3) is 10.8. The molecule has 0 saturated carbocycles. The van der Waals surface area contributed by atoms with Crippen molar-refractivity contribution in [2.45, 2.75) is 70.8 Å². The number of hydrogen-bond donors (Lipinski definition) is 1. The van der Waals surface area contributed by atoms with E-state index >= 15 is 0 Å². The zero-order valence-electron chi connectivity index (χ0n) is 15.1. The Labute approximate surface area is 167 Å².